The lowest BCUT2D eigenvalue weighted by atomic mass is 10.1. The Bertz CT molecular complexity index is 1050. The molecule has 2 aliphatic rings. The molecule has 0 radical (unpaired) electrons. The molecule has 0 bridgehead atoms. The second-order valence-corrected chi connectivity index (χ2v) is 19.6. The van der Waals surface area contributed by atoms with Crippen LogP contribution in [0, 0.1) is 0 Å². The van der Waals surface area contributed by atoms with E-state index >= 15 is 0 Å². The van der Waals surface area contributed by atoms with E-state index in [0.717, 1.165) is 5.57 Å². The van der Waals surface area contributed by atoms with Gasteiger partial charge in [0.1, 0.15) is 17.9 Å². The normalized spacial score (nSPS) is 26.9. The third kappa shape index (κ3) is 3.86. The second-order valence-electron chi connectivity index (χ2n) is 10.8. The molecular formula is C23H39N5O4Si2. The summed E-state index contributed by atoms with van der Waals surface area (Å²) in [6, 6.07) is -0.402. The number of hydrogen-bond donors (Lipinski definition) is 2. The van der Waals surface area contributed by atoms with E-state index in [-0.39, 0.29) is 22.2 Å². The maximum Gasteiger partial charge on any atom is 0.335 e. The van der Waals surface area contributed by atoms with Crippen molar-refractivity contribution < 1.29 is 18.1 Å². The van der Waals surface area contributed by atoms with Crippen LogP contribution in [0.5, 0.6) is 0 Å². The molecule has 9 nitrogen and oxygen atoms in total. The predicted molar refractivity (Wildman–Crippen MR) is 137 cm³/mol. The SMILES string of the molecule is CC(C)[Si]1(C(C)C)OCC2=CC(n3cnc4c(N)ncnc43)C(O)C2O[Si](C(C)C)(C(C)C)O1. The standard InChI is InChI=1S/C23H39N5O4Si2/c1-13(2)33(14(3)4)30-10-17-9-18(28-12-27-19-22(24)25-11-26-23(19)28)20(29)21(17)31-34(32-33,15(5)6)16(7)8/h9,11-16,18,20-21,29H,10H2,1-8H3,(H2,24,25,26). The van der Waals surface area contributed by atoms with Crippen molar-refractivity contribution in [1.29, 1.82) is 0 Å². The molecule has 1 saturated heterocycles. The highest BCUT2D eigenvalue weighted by Crippen LogP contribution is 2.48. The molecule has 11 heteroatoms. The van der Waals surface area contributed by atoms with Crippen LogP contribution in [0.15, 0.2) is 24.3 Å². The zero-order valence-electron chi connectivity index (χ0n) is 21.5. The summed E-state index contributed by atoms with van der Waals surface area (Å²) in [6.45, 7) is 17.9. The van der Waals surface area contributed by atoms with E-state index in [2.05, 4.69) is 76.4 Å². The Morgan fingerprint density at radius 1 is 0.971 bits per heavy atom. The maximum atomic E-state index is 11.6. The van der Waals surface area contributed by atoms with Crippen LogP contribution in [0.1, 0.15) is 61.4 Å². The van der Waals surface area contributed by atoms with E-state index in [1.165, 1.54) is 6.33 Å². The number of rotatable bonds is 5. The molecule has 188 valence electrons. The number of nitrogens with two attached hydrogens (primary N) is 1. The molecule has 1 aliphatic carbocycles. The molecule has 3 heterocycles. The minimum atomic E-state index is -2.82. The van der Waals surface area contributed by atoms with Gasteiger partial charge in [0.2, 0.25) is 0 Å². The average molecular weight is 506 g/mol. The first-order valence-corrected chi connectivity index (χ1v) is 16.2. The Labute approximate surface area is 204 Å². The third-order valence-corrected chi connectivity index (χ3v) is 17.6. The van der Waals surface area contributed by atoms with Crippen LogP contribution in [-0.2, 0) is 13.0 Å². The molecule has 0 spiro atoms. The van der Waals surface area contributed by atoms with Crippen molar-refractivity contribution in [2.45, 2.75) is 95.8 Å². The lowest BCUT2D eigenvalue weighted by molar-refractivity contribution is 0.0113. The summed E-state index contributed by atoms with van der Waals surface area (Å²) in [5.74, 6) is 0.318. The monoisotopic (exact) mass is 505 g/mol. The van der Waals surface area contributed by atoms with Crippen LogP contribution in [0.25, 0.3) is 11.2 Å². The van der Waals surface area contributed by atoms with Crippen LogP contribution in [0.2, 0.25) is 22.2 Å². The van der Waals surface area contributed by atoms with Gasteiger partial charge in [-0.25, -0.2) is 15.0 Å². The van der Waals surface area contributed by atoms with Gasteiger partial charge in [0.25, 0.3) is 0 Å². The number of anilines is 1. The van der Waals surface area contributed by atoms with Crippen LogP contribution in [0.3, 0.4) is 0 Å². The Morgan fingerprint density at radius 3 is 2.18 bits per heavy atom. The van der Waals surface area contributed by atoms with Crippen LogP contribution in [-0.4, -0.2) is 60.6 Å². The third-order valence-electron chi connectivity index (χ3n) is 7.43. The van der Waals surface area contributed by atoms with E-state index in [4.69, 9.17) is 18.7 Å². The fraction of sp³-hybridized carbons (Fsp3) is 0.696. The molecule has 4 rings (SSSR count). The smallest absolute Gasteiger partial charge is 0.335 e. The van der Waals surface area contributed by atoms with E-state index in [0.29, 0.717) is 23.6 Å². The molecule has 3 unspecified atom stereocenters. The highest BCUT2D eigenvalue weighted by molar-refractivity contribution is 6.84. The summed E-state index contributed by atoms with van der Waals surface area (Å²) < 4.78 is 22.9. The number of aliphatic hydroxyl groups excluding tert-OH is 1. The first-order chi connectivity index (χ1) is 15.9. The number of fused-ring (bicyclic) bond motifs is 2. The molecule has 1 fully saturated rings. The van der Waals surface area contributed by atoms with E-state index < -0.39 is 35.4 Å². The topological polar surface area (TPSA) is 118 Å². The molecule has 0 saturated carbocycles. The lowest BCUT2D eigenvalue weighted by Gasteiger charge is -2.51. The molecule has 3 N–H and O–H groups in total. The fourth-order valence-electron chi connectivity index (χ4n) is 5.53. The number of imidazole rings is 1. The molecule has 0 amide bonds. The van der Waals surface area contributed by atoms with Crippen LogP contribution < -0.4 is 5.73 Å². The fourth-order valence-corrected chi connectivity index (χ4v) is 16.7. The average Bonchev–Trinajstić information content (AvgIpc) is 3.29. The molecule has 3 atom stereocenters. The first kappa shape index (κ1) is 25.5. The number of aromatic nitrogens is 4. The summed E-state index contributed by atoms with van der Waals surface area (Å²) in [4.78, 5) is 12.8. The number of hydrogen-bond acceptors (Lipinski definition) is 8. The van der Waals surface area contributed by atoms with E-state index in [1.807, 2.05) is 4.57 Å². The van der Waals surface area contributed by atoms with Crippen molar-refractivity contribution in [2.75, 3.05) is 12.3 Å². The van der Waals surface area contributed by atoms with E-state index in [9.17, 15) is 5.11 Å². The van der Waals surface area contributed by atoms with Gasteiger partial charge in [0.05, 0.1) is 25.1 Å². The van der Waals surface area contributed by atoms with Gasteiger partial charge in [-0.15, -0.1) is 0 Å². The van der Waals surface area contributed by atoms with Crippen molar-refractivity contribution in [3.05, 3.63) is 24.3 Å². The van der Waals surface area contributed by atoms with E-state index in [1.54, 1.807) is 6.33 Å². The van der Waals surface area contributed by atoms with Crippen molar-refractivity contribution in [2.24, 2.45) is 0 Å². The van der Waals surface area contributed by atoms with Gasteiger partial charge in [-0.2, -0.15) is 0 Å². The molecule has 1 aliphatic heterocycles. The quantitative estimate of drug-likeness (QED) is 0.458. The second kappa shape index (κ2) is 9.10. The minimum absolute atomic E-state index is 0.188. The zero-order chi connectivity index (χ0) is 25.0. The van der Waals surface area contributed by atoms with Gasteiger partial charge in [-0.3, -0.25) is 0 Å². The summed E-state index contributed by atoms with van der Waals surface area (Å²) in [5, 5.41) is 11.6. The highest BCUT2D eigenvalue weighted by Gasteiger charge is 2.59. The van der Waals surface area contributed by atoms with Crippen molar-refractivity contribution in [3.8, 4) is 0 Å². The highest BCUT2D eigenvalue weighted by atomic mass is 28.5. The molecule has 2 aromatic heterocycles. The summed E-state index contributed by atoms with van der Waals surface area (Å²) in [6.07, 6.45) is 3.80. The molecule has 34 heavy (non-hydrogen) atoms. The zero-order valence-corrected chi connectivity index (χ0v) is 23.5. The molecule has 2 aromatic rings. The van der Waals surface area contributed by atoms with Gasteiger partial charge in [-0.1, -0.05) is 61.5 Å². The van der Waals surface area contributed by atoms with Crippen LogP contribution >= 0.6 is 0 Å². The summed E-state index contributed by atoms with van der Waals surface area (Å²) >= 11 is 0. The van der Waals surface area contributed by atoms with Gasteiger partial charge < -0.3 is 28.4 Å². The lowest BCUT2D eigenvalue weighted by Crippen LogP contribution is -2.64. The van der Waals surface area contributed by atoms with Gasteiger partial charge in [-0.05, 0) is 27.7 Å². The molecular weight excluding hydrogens is 466 g/mol. The summed E-state index contributed by atoms with van der Waals surface area (Å²) in [7, 11) is -5.46. The maximum absolute atomic E-state index is 11.6. The van der Waals surface area contributed by atoms with Crippen molar-refractivity contribution in [3.63, 3.8) is 0 Å². The van der Waals surface area contributed by atoms with Gasteiger partial charge in [0.15, 0.2) is 11.5 Å². The molecule has 0 aromatic carbocycles. The first-order valence-electron chi connectivity index (χ1n) is 12.3. The Morgan fingerprint density at radius 2 is 1.59 bits per heavy atom. The largest absolute Gasteiger partial charge is 0.414 e. The Balaban J connectivity index is 1.82. The number of aliphatic hydroxyl groups is 1. The van der Waals surface area contributed by atoms with Crippen LogP contribution in [0.4, 0.5) is 5.82 Å². The predicted octanol–water partition coefficient (Wildman–Crippen LogP) is 4.21. The minimum Gasteiger partial charge on any atom is -0.414 e. The number of nitrogen functional groups attached to an aromatic ring is 1. The summed E-state index contributed by atoms with van der Waals surface area (Å²) in [5.41, 5.74) is 8.96. The Hall–Kier alpha value is -1.64. The van der Waals surface area contributed by atoms with Gasteiger partial charge in [0, 0.05) is 0 Å². The van der Waals surface area contributed by atoms with Gasteiger partial charge >= 0.3 is 17.1 Å². The number of nitrogens with zero attached hydrogens (tertiary/aromatic N) is 4. The van der Waals surface area contributed by atoms with Crippen molar-refractivity contribution >= 4 is 34.1 Å². The van der Waals surface area contributed by atoms with Crippen molar-refractivity contribution in [1.82, 2.24) is 19.5 Å². The Kier molecular flexibility index (Phi) is 6.81.